The highest BCUT2D eigenvalue weighted by molar-refractivity contribution is 6.32. The molecule has 1 saturated heterocycles. The first-order valence-corrected chi connectivity index (χ1v) is 10.6. The van der Waals surface area contributed by atoms with Gasteiger partial charge in [0.05, 0.1) is 10.6 Å². The van der Waals surface area contributed by atoms with Crippen LogP contribution in [0.25, 0.3) is 0 Å². The second-order valence-electron chi connectivity index (χ2n) is 7.27. The molecule has 1 fully saturated rings. The summed E-state index contributed by atoms with van der Waals surface area (Å²) in [6.07, 6.45) is 1.83. The summed E-state index contributed by atoms with van der Waals surface area (Å²) < 4.78 is 5.45. The predicted octanol–water partition coefficient (Wildman–Crippen LogP) is 4.15. The van der Waals surface area contributed by atoms with Crippen molar-refractivity contribution in [1.29, 1.82) is 0 Å². The van der Waals surface area contributed by atoms with Crippen LogP contribution in [0.4, 0.5) is 16.4 Å². The Labute approximate surface area is 193 Å². The fraction of sp³-hybridized carbons (Fsp3) is 0.217. The van der Waals surface area contributed by atoms with E-state index in [1.165, 1.54) is 6.20 Å². The summed E-state index contributed by atoms with van der Waals surface area (Å²) in [7, 11) is 0. The molecule has 1 aliphatic heterocycles. The number of nitrogens with two attached hydrogens (primary N) is 1. The van der Waals surface area contributed by atoms with E-state index in [0.29, 0.717) is 54.0 Å². The van der Waals surface area contributed by atoms with Gasteiger partial charge in [-0.2, -0.15) is 0 Å². The van der Waals surface area contributed by atoms with E-state index in [1.54, 1.807) is 53.4 Å². The number of nitrogen functional groups attached to an aromatic ring is 1. The first-order chi connectivity index (χ1) is 15.5. The van der Waals surface area contributed by atoms with Gasteiger partial charge in [0.2, 0.25) is 5.78 Å². The molecule has 1 amide bonds. The van der Waals surface area contributed by atoms with E-state index >= 15 is 0 Å². The van der Waals surface area contributed by atoms with Gasteiger partial charge in [-0.05, 0) is 42.8 Å². The lowest BCUT2D eigenvalue weighted by Crippen LogP contribution is -2.37. The lowest BCUT2D eigenvalue weighted by atomic mass is 10.1. The second kappa shape index (κ2) is 9.65. The Morgan fingerprint density at radius 3 is 2.66 bits per heavy atom. The van der Waals surface area contributed by atoms with Crippen LogP contribution in [0.2, 0.25) is 5.02 Å². The van der Waals surface area contributed by atoms with Crippen molar-refractivity contribution in [2.45, 2.75) is 6.42 Å². The zero-order chi connectivity index (χ0) is 22.5. The van der Waals surface area contributed by atoms with Gasteiger partial charge >= 0.3 is 6.09 Å². The SMILES string of the molecule is Nc1ncccc1C(=O)c1cccc(N2CCCN(C(=O)Oc3ccccc3Cl)CC2)n1.[HH].[HH]. The van der Waals surface area contributed by atoms with Crippen LogP contribution in [0.1, 0.15) is 25.3 Å². The highest BCUT2D eigenvalue weighted by atomic mass is 35.5. The maximum atomic E-state index is 12.8. The third-order valence-electron chi connectivity index (χ3n) is 5.16. The molecule has 9 heteroatoms. The third kappa shape index (κ3) is 4.81. The number of para-hydroxylation sites is 1. The molecular weight excluding hydrogens is 430 g/mol. The Hall–Kier alpha value is -3.65. The summed E-state index contributed by atoms with van der Waals surface area (Å²) in [6, 6.07) is 15.5. The van der Waals surface area contributed by atoms with Gasteiger partial charge in [0.1, 0.15) is 17.3 Å². The van der Waals surface area contributed by atoms with Crippen LogP contribution in [0.5, 0.6) is 5.75 Å². The number of hydrogen-bond acceptors (Lipinski definition) is 7. The molecule has 1 aliphatic rings. The molecule has 168 valence electrons. The molecule has 8 nitrogen and oxygen atoms in total. The number of carbonyl (C=O) groups excluding carboxylic acids is 2. The van der Waals surface area contributed by atoms with Crippen molar-refractivity contribution in [3.63, 3.8) is 0 Å². The molecule has 0 aliphatic carbocycles. The standard InChI is InChI=1S/C23H22ClN5O3.2H2/c24-17-7-1-2-9-19(17)32-23(31)29-13-5-12-28(14-15-29)20-10-3-8-18(27-20)21(30)16-6-4-11-26-22(16)25;;/h1-4,6-11H,5,12-15H2,(H2,25,26);2*1H. The average Bonchev–Trinajstić information content (AvgIpc) is 3.07. The van der Waals surface area contributed by atoms with Crippen molar-refractivity contribution in [2.75, 3.05) is 36.8 Å². The molecule has 32 heavy (non-hydrogen) atoms. The second-order valence-corrected chi connectivity index (χ2v) is 7.68. The number of hydrogen-bond donors (Lipinski definition) is 1. The van der Waals surface area contributed by atoms with E-state index in [4.69, 9.17) is 22.1 Å². The number of benzene rings is 1. The summed E-state index contributed by atoms with van der Waals surface area (Å²) in [5.41, 5.74) is 6.45. The fourth-order valence-electron chi connectivity index (χ4n) is 3.49. The van der Waals surface area contributed by atoms with E-state index in [9.17, 15) is 9.59 Å². The number of ether oxygens (including phenoxy) is 1. The monoisotopic (exact) mass is 455 g/mol. The summed E-state index contributed by atoms with van der Waals surface area (Å²) in [5.74, 6) is 0.895. The molecule has 1 aromatic carbocycles. The minimum atomic E-state index is -0.441. The minimum absolute atomic E-state index is 0. The van der Waals surface area contributed by atoms with Crippen LogP contribution in [-0.4, -0.2) is 52.9 Å². The van der Waals surface area contributed by atoms with Crippen molar-refractivity contribution >= 4 is 35.1 Å². The Bertz CT molecular complexity index is 1150. The van der Waals surface area contributed by atoms with Gasteiger partial charge in [-0.25, -0.2) is 14.8 Å². The fourth-order valence-corrected chi connectivity index (χ4v) is 3.66. The number of pyridine rings is 2. The average molecular weight is 456 g/mol. The zero-order valence-corrected chi connectivity index (χ0v) is 18.0. The quantitative estimate of drug-likeness (QED) is 0.589. The number of carbonyl (C=O) groups is 2. The number of aromatic nitrogens is 2. The summed E-state index contributed by atoms with van der Waals surface area (Å²) in [6.45, 7) is 2.25. The van der Waals surface area contributed by atoms with E-state index < -0.39 is 6.09 Å². The van der Waals surface area contributed by atoms with Crippen LogP contribution in [0, 0.1) is 0 Å². The van der Waals surface area contributed by atoms with Crippen molar-refractivity contribution in [3.8, 4) is 5.75 Å². The molecule has 3 heterocycles. The minimum Gasteiger partial charge on any atom is -0.409 e. The Balaban J connectivity index is 0.00000204. The Kier molecular flexibility index (Phi) is 6.51. The number of nitrogens with zero attached hydrogens (tertiary/aromatic N) is 4. The molecule has 0 radical (unpaired) electrons. The molecule has 0 spiro atoms. The predicted molar refractivity (Wildman–Crippen MR) is 126 cm³/mol. The summed E-state index contributed by atoms with van der Waals surface area (Å²) in [5, 5.41) is 0.386. The topological polar surface area (TPSA) is 102 Å². The van der Waals surface area contributed by atoms with Gasteiger partial charge < -0.3 is 20.3 Å². The van der Waals surface area contributed by atoms with Gasteiger partial charge in [-0.15, -0.1) is 0 Å². The largest absolute Gasteiger partial charge is 0.415 e. The lowest BCUT2D eigenvalue weighted by Gasteiger charge is -2.23. The third-order valence-corrected chi connectivity index (χ3v) is 5.47. The van der Waals surface area contributed by atoms with Gasteiger partial charge in [-0.1, -0.05) is 29.8 Å². The van der Waals surface area contributed by atoms with Crippen molar-refractivity contribution < 1.29 is 17.2 Å². The molecule has 2 N–H and O–H groups in total. The van der Waals surface area contributed by atoms with Crippen LogP contribution >= 0.6 is 11.6 Å². The first-order valence-electron chi connectivity index (χ1n) is 10.2. The van der Waals surface area contributed by atoms with Gasteiger partial charge in [0, 0.05) is 35.2 Å². The maximum absolute atomic E-state index is 12.8. The number of amides is 1. The molecule has 3 aromatic rings. The van der Waals surface area contributed by atoms with E-state index in [-0.39, 0.29) is 14.5 Å². The van der Waals surface area contributed by atoms with Crippen molar-refractivity contribution in [2.24, 2.45) is 0 Å². The van der Waals surface area contributed by atoms with Crippen molar-refractivity contribution in [1.82, 2.24) is 14.9 Å². The van der Waals surface area contributed by atoms with Crippen LogP contribution in [0.15, 0.2) is 60.8 Å². The number of rotatable bonds is 4. The van der Waals surface area contributed by atoms with Crippen LogP contribution < -0.4 is 15.4 Å². The smallest absolute Gasteiger partial charge is 0.409 e. The summed E-state index contributed by atoms with van der Waals surface area (Å²) in [4.78, 5) is 37.6. The van der Waals surface area contributed by atoms with Crippen LogP contribution in [0.3, 0.4) is 0 Å². The molecular formula is C23H26ClN5O3. The maximum Gasteiger partial charge on any atom is 0.415 e. The number of ketones is 1. The lowest BCUT2D eigenvalue weighted by molar-refractivity contribution is 0.103. The molecule has 0 atom stereocenters. The van der Waals surface area contributed by atoms with Gasteiger partial charge in [-0.3, -0.25) is 4.79 Å². The summed E-state index contributed by atoms with van der Waals surface area (Å²) >= 11 is 6.09. The first kappa shape index (κ1) is 21.6. The molecule has 0 saturated carbocycles. The zero-order valence-electron chi connectivity index (χ0n) is 17.3. The highest BCUT2D eigenvalue weighted by Crippen LogP contribution is 2.24. The number of halogens is 1. The van der Waals surface area contributed by atoms with Gasteiger partial charge in [0.25, 0.3) is 0 Å². The molecule has 0 unspecified atom stereocenters. The van der Waals surface area contributed by atoms with E-state index in [1.807, 2.05) is 11.0 Å². The Morgan fingerprint density at radius 1 is 1.00 bits per heavy atom. The van der Waals surface area contributed by atoms with Gasteiger partial charge in [0.15, 0.2) is 5.75 Å². The highest BCUT2D eigenvalue weighted by Gasteiger charge is 2.23. The number of anilines is 2. The van der Waals surface area contributed by atoms with Crippen molar-refractivity contribution in [3.05, 3.63) is 77.1 Å². The van der Waals surface area contributed by atoms with E-state index in [2.05, 4.69) is 9.97 Å². The molecule has 4 rings (SSSR count). The van der Waals surface area contributed by atoms with E-state index in [0.717, 1.165) is 6.42 Å². The molecule has 2 aromatic heterocycles. The van der Waals surface area contributed by atoms with Crippen LogP contribution in [-0.2, 0) is 0 Å². The normalized spacial score (nSPS) is 14.0. The molecule has 0 bridgehead atoms. The Morgan fingerprint density at radius 2 is 1.84 bits per heavy atom.